The standard InChI is InChI=1S/C2HBr3Si/c1-2-6(3,4)5/h1H. The number of halogens is 3. The molecule has 0 aromatic heterocycles. The van der Waals surface area contributed by atoms with Crippen molar-refractivity contribution in [2.45, 2.75) is 0 Å². The molecule has 0 aliphatic rings. The first-order valence-corrected chi connectivity index (χ1v) is 9.88. The average Bonchev–Trinajstić information content (AvgIpc) is 1.35. The molecule has 0 radical (unpaired) electrons. The molecule has 0 nitrogen and oxygen atoms in total. The second-order valence-electron chi connectivity index (χ2n) is 0.642. The average molecular weight is 293 g/mol. The van der Waals surface area contributed by atoms with Gasteiger partial charge in [-0.25, -0.2) is 0 Å². The molecule has 0 unspecified atom stereocenters. The smallest absolute Gasteiger partial charge is 0.124 e. The zero-order valence-electron chi connectivity index (χ0n) is 2.71. The fraction of sp³-hybridized carbons (Fsp3) is 0. The predicted octanol–water partition coefficient (Wildman–Crippen LogP) is 2.28. The lowest BCUT2D eigenvalue weighted by Gasteiger charge is -1.91. The Bertz CT molecular complexity index is 75.8. The second kappa shape index (κ2) is 2.51. The van der Waals surface area contributed by atoms with Gasteiger partial charge in [0.1, 0.15) is 0 Å². The van der Waals surface area contributed by atoms with Crippen LogP contribution in [0.25, 0.3) is 0 Å². The minimum atomic E-state index is -1.67. The summed E-state index contributed by atoms with van der Waals surface area (Å²) in [7, 11) is 0. The Morgan fingerprint density at radius 3 is 1.50 bits per heavy atom. The normalized spacial score (nSPS) is 10.3. The van der Waals surface area contributed by atoms with Gasteiger partial charge in [0.15, 0.2) is 0 Å². The maximum absolute atomic E-state index is 4.98. The van der Waals surface area contributed by atoms with Gasteiger partial charge in [0.2, 0.25) is 0 Å². The number of rotatable bonds is 0. The van der Waals surface area contributed by atoms with Crippen LogP contribution in [0.2, 0.25) is 0 Å². The second-order valence-corrected chi connectivity index (χ2v) is 22.2. The zero-order chi connectivity index (χ0) is 5.21. The van der Waals surface area contributed by atoms with Crippen molar-refractivity contribution in [1.82, 2.24) is 0 Å². The van der Waals surface area contributed by atoms with Crippen molar-refractivity contribution in [1.29, 1.82) is 0 Å². The van der Waals surface area contributed by atoms with E-state index >= 15 is 0 Å². The van der Waals surface area contributed by atoms with Crippen LogP contribution in [-0.4, -0.2) is 3.93 Å². The first kappa shape index (κ1) is 7.22. The molecule has 0 aliphatic heterocycles. The molecule has 0 rings (SSSR count). The van der Waals surface area contributed by atoms with E-state index in [9.17, 15) is 0 Å². The van der Waals surface area contributed by atoms with Crippen molar-refractivity contribution >= 4 is 49.8 Å². The van der Waals surface area contributed by atoms with Crippen LogP contribution in [-0.2, 0) is 0 Å². The molecule has 4 heteroatoms. The van der Waals surface area contributed by atoms with Crippen LogP contribution in [0.4, 0.5) is 0 Å². The fourth-order valence-corrected chi connectivity index (χ4v) is 0. The molecule has 0 fully saturated rings. The molecule has 0 aliphatic carbocycles. The van der Waals surface area contributed by atoms with Crippen LogP contribution in [0.5, 0.6) is 0 Å². The van der Waals surface area contributed by atoms with Gasteiger partial charge < -0.3 is 0 Å². The molecule has 0 saturated carbocycles. The lowest BCUT2D eigenvalue weighted by molar-refractivity contribution is 3.04. The third-order valence-electron chi connectivity index (χ3n) is 0.164. The van der Waals surface area contributed by atoms with E-state index in [1.165, 1.54) is 0 Å². The van der Waals surface area contributed by atoms with Gasteiger partial charge in [-0.1, -0.05) is 51.4 Å². The summed E-state index contributed by atoms with van der Waals surface area (Å²) in [6.45, 7) is 0. The third-order valence-corrected chi connectivity index (χ3v) is 2.55. The van der Waals surface area contributed by atoms with Crippen molar-refractivity contribution in [2.75, 3.05) is 0 Å². The summed E-state index contributed by atoms with van der Waals surface area (Å²) in [6, 6.07) is 0. The lowest BCUT2D eigenvalue weighted by Crippen LogP contribution is -1.99. The Hall–Kier alpha value is 1.22. The van der Waals surface area contributed by atoms with Crippen molar-refractivity contribution in [3.8, 4) is 12.0 Å². The van der Waals surface area contributed by atoms with Gasteiger partial charge in [-0.2, -0.15) is 0 Å². The molecule has 0 bridgehead atoms. The number of hydrogen-bond donors (Lipinski definition) is 0. The first-order valence-electron chi connectivity index (χ1n) is 1.11. The van der Waals surface area contributed by atoms with E-state index in [0.29, 0.717) is 0 Å². The highest BCUT2D eigenvalue weighted by Crippen LogP contribution is 2.25. The Morgan fingerprint density at radius 1 is 1.33 bits per heavy atom. The van der Waals surface area contributed by atoms with Gasteiger partial charge in [0.25, 0.3) is 0 Å². The molecule has 0 saturated heterocycles. The molecular formula is C2HBr3Si. The summed E-state index contributed by atoms with van der Waals surface area (Å²) in [5, 5.41) is 0. The maximum atomic E-state index is 4.98. The molecule has 0 aromatic rings. The summed E-state index contributed by atoms with van der Waals surface area (Å²) in [5.41, 5.74) is 2.49. The third kappa shape index (κ3) is 5.22. The summed E-state index contributed by atoms with van der Waals surface area (Å²) in [6.07, 6.45) is 4.98. The van der Waals surface area contributed by atoms with Crippen LogP contribution in [0.3, 0.4) is 0 Å². The van der Waals surface area contributed by atoms with E-state index in [-0.39, 0.29) is 0 Å². The molecular weight excluding hydrogens is 292 g/mol. The van der Waals surface area contributed by atoms with E-state index in [2.05, 4.69) is 51.4 Å². The Kier molecular flexibility index (Phi) is 3.01. The van der Waals surface area contributed by atoms with Gasteiger partial charge in [-0.3, -0.25) is 0 Å². The number of terminal acetylenes is 1. The van der Waals surface area contributed by atoms with Gasteiger partial charge in [0, 0.05) is 0 Å². The van der Waals surface area contributed by atoms with Gasteiger partial charge in [-0.05, 0) is 0 Å². The highest BCUT2D eigenvalue weighted by molar-refractivity contribution is 9.72. The highest BCUT2D eigenvalue weighted by Gasteiger charge is 2.16. The maximum Gasteiger partial charge on any atom is 0.344 e. The largest absolute Gasteiger partial charge is 0.344 e. The predicted molar refractivity (Wildman–Crippen MR) is 41.4 cm³/mol. The topological polar surface area (TPSA) is 0 Å². The monoisotopic (exact) mass is 290 g/mol. The van der Waals surface area contributed by atoms with Crippen LogP contribution in [0, 0.1) is 12.0 Å². The summed E-state index contributed by atoms with van der Waals surface area (Å²) < 4.78 is -1.67. The van der Waals surface area contributed by atoms with Crippen molar-refractivity contribution in [3.63, 3.8) is 0 Å². The van der Waals surface area contributed by atoms with Crippen molar-refractivity contribution in [3.05, 3.63) is 0 Å². The highest BCUT2D eigenvalue weighted by atomic mass is 80.0. The minimum absolute atomic E-state index is 1.67. The summed E-state index contributed by atoms with van der Waals surface area (Å²) in [4.78, 5) is 0. The van der Waals surface area contributed by atoms with Crippen LogP contribution in [0.15, 0.2) is 0 Å². The van der Waals surface area contributed by atoms with E-state index in [4.69, 9.17) is 6.42 Å². The van der Waals surface area contributed by atoms with Gasteiger partial charge in [0.05, 0.1) is 0 Å². The molecule has 34 valence electrons. The van der Waals surface area contributed by atoms with Crippen LogP contribution in [0.1, 0.15) is 0 Å². The van der Waals surface area contributed by atoms with Crippen molar-refractivity contribution < 1.29 is 0 Å². The number of hydrogen-bond acceptors (Lipinski definition) is 0. The molecule has 0 aromatic carbocycles. The minimum Gasteiger partial charge on any atom is -0.124 e. The quantitative estimate of drug-likeness (QED) is 0.365. The molecule has 0 atom stereocenters. The first-order chi connectivity index (χ1) is 2.56. The molecule has 0 amide bonds. The Balaban J connectivity index is 3.55. The fourth-order valence-electron chi connectivity index (χ4n) is 0. The lowest BCUT2D eigenvalue weighted by atomic mass is 11.4. The van der Waals surface area contributed by atoms with Gasteiger partial charge >= 0.3 is 3.93 Å². The van der Waals surface area contributed by atoms with E-state index < -0.39 is 3.93 Å². The molecule has 0 heterocycles. The van der Waals surface area contributed by atoms with E-state index in [0.717, 1.165) is 0 Å². The van der Waals surface area contributed by atoms with E-state index in [1.807, 2.05) is 0 Å². The SMILES string of the molecule is C#C[Si](Br)(Br)Br. The van der Waals surface area contributed by atoms with Crippen LogP contribution >= 0.6 is 45.9 Å². The molecule has 0 spiro atoms. The Labute approximate surface area is 61.4 Å². The summed E-state index contributed by atoms with van der Waals surface area (Å²) in [5.74, 6) is 0. The summed E-state index contributed by atoms with van der Waals surface area (Å²) >= 11 is 9.64. The zero-order valence-corrected chi connectivity index (χ0v) is 8.47. The van der Waals surface area contributed by atoms with Gasteiger partial charge in [-0.15, -0.1) is 6.42 Å². The van der Waals surface area contributed by atoms with E-state index in [1.54, 1.807) is 0 Å². The molecule has 0 N–H and O–H groups in total. The van der Waals surface area contributed by atoms with Crippen LogP contribution < -0.4 is 0 Å². The van der Waals surface area contributed by atoms with Crippen molar-refractivity contribution in [2.24, 2.45) is 0 Å². The Morgan fingerprint density at radius 2 is 1.50 bits per heavy atom. The molecule has 6 heavy (non-hydrogen) atoms.